The molecule has 1 unspecified atom stereocenters. The van der Waals surface area contributed by atoms with E-state index in [-0.39, 0.29) is 36.3 Å². The Morgan fingerprint density at radius 3 is 1.96 bits per heavy atom. The minimum Gasteiger partial charge on any atom is -0.491 e. The summed E-state index contributed by atoms with van der Waals surface area (Å²) in [5.41, 5.74) is 8.10. The van der Waals surface area contributed by atoms with E-state index in [0.29, 0.717) is 31.3 Å². The van der Waals surface area contributed by atoms with Crippen LogP contribution in [0.5, 0.6) is 5.75 Å². The van der Waals surface area contributed by atoms with Crippen molar-refractivity contribution in [3.8, 4) is 5.75 Å². The standard InChI is InChI=1S/C40H45ClO4/c1-5-28-17-19-29(20-18-28)21-32-22-33(35-26(3)23-42-39(35)36(32)41)38-40(44-25-31-15-11-8-12-16-31)37(27(4)34(6-2)45-38)43-24-30-13-9-7-10-14-30/h7-20,22,26-27,34,37-38,40H,5-6,21,23-25H2,1-4H3/t26?,27-,34-,37+,38+,40-/m1/s1. The molecular formula is C40H45ClO4. The molecular weight excluding hydrogens is 580 g/mol. The van der Waals surface area contributed by atoms with Crippen molar-refractivity contribution in [2.45, 2.75) is 90.5 Å². The minimum absolute atomic E-state index is 0.0151. The van der Waals surface area contributed by atoms with E-state index in [9.17, 15) is 0 Å². The molecule has 1 saturated heterocycles. The van der Waals surface area contributed by atoms with E-state index in [1.54, 1.807) is 0 Å². The van der Waals surface area contributed by atoms with Crippen LogP contribution in [0.3, 0.4) is 0 Å². The molecule has 4 aromatic carbocycles. The number of aryl methyl sites for hydroxylation is 1. The van der Waals surface area contributed by atoms with Crippen LogP contribution in [0.4, 0.5) is 0 Å². The first-order chi connectivity index (χ1) is 22.0. The average molecular weight is 625 g/mol. The van der Waals surface area contributed by atoms with Gasteiger partial charge in [-0.2, -0.15) is 0 Å². The fourth-order valence-corrected chi connectivity index (χ4v) is 7.17. The molecule has 5 heteroatoms. The van der Waals surface area contributed by atoms with Gasteiger partial charge in [0.05, 0.1) is 37.1 Å². The van der Waals surface area contributed by atoms with Gasteiger partial charge in [-0.05, 0) is 52.6 Å². The van der Waals surface area contributed by atoms with Gasteiger partial charge in [0.25, 0.3) is 0 Å². The molecule has 45 heavy (non-hydrogen) atoms. The van der Waals surface area contributed by atoms with Crippen LogP contribution in [0, 0.1) is 5.92 Å². The monoisotopic (exact) mass is 624 g/mol. The molecule has 6 atom stereocenters. The fraction of sp³-hybridized carbons (Fsp3) is 0.400. The van der Waals surface area contributed by atoms with Crippen molar-refractivity contribution >= 4 is 11.6 Å². The fourth-order valence-electron chi connectivity index (χ4n) is 6.90. The van der Waals surface area contributed by atoms with Gasteiger partial charge < -0.3 is 18.9 Å². The maximum Gasteiger partial charge on any atom is 0.142 e. The van der Waals surface area contributed by atoms with E-state index in [1.165, 1.54) is 11.1 Å². The second-order valence-electron chi connectivity index (χ2n) is 12.6. The van der Waals surface area contributed by atoms with Crippen LogP contribution >= 0.6 is 11.6 Å². The highest BCUT2D eigenvalue weighted by atomic mass is 35.5. The van der Waals surface area contributed by atoms with Crippen LogP contribution in [0.25, 0.3) is 0 Å². The zero-order chi connectivity index (χ0) is 31.3. The van der Waals surface area contributed by atoms with Gasteiger partial charge in [-0.3, -0.25) is 0 Å². The first-order valence-electron chi connectivity index (χ1n) is 16.5. The smallest absolute Gasteiger partial charge is 0.142 e. The Kier molecular flexibility index (Phi) is 10.3. The van der Waals surface area contributed by atoms with Gasteiger partial charge in [-0.1, -0.05) is 130 Å². The lowest BCUT2D eigenvalue weighted by Gasteiger charge is -2.46. The molecule has 2 aliphatic rings. The molecule has 0 aliphatic carbocycles. The number of fused-ring (bicyclic) bond motifs is 1. The van der Waals surface area contributed by atoms with Crippen molar-refractivity contribution < 1.29 is 18.9 Å². The summed E-state index contributed by atoms with van der Waals surface area (Å²) in [4.78, 5) is 0. The third kappa shape index (κ3) is 7.00. The number of benzene rings is 4. The number of halogens is 1. The Bertz CT molecular complexity index is 1540. The van der Waals surface area contributed by atoms with Crippen molar-refractivity contribution in [1.82, 2.24) is 0 Å². The quantitative estimate of drug-likeness (QED) is 0.166. The second-order valence-corrected chi connectivity index (χ2v) is 13.0. The van der Waals surface area contributed by atoms with Gasteiger partial charge >= 0.3 is 0 Å². The van der Waals surface area contributed by atoms with E-state index in [0.717, 1.165) is 46.4 Å². The lowest BCUT2D eigenvalue weighted by Crippen LogP contribution is -2.52. The van der Waals surface area contributed by atoms with Crippen molar-refractivity contribution in [1.29, 1.82) is 0 Å². The zero-order valence-corrected chi connectivity index (χ0v) is 27.6. The maximum atomic E-state index is 7.12. The van der Waals surface area contributed by atoms with Gasteiger partial charge in [0.2, 0.25) is 0 Å². The second kappa shape index (κ2) is 14.5. The van der Waals surface area contributed by atoms with Crippen LogP contribution < -0.4 is 4.74 Å². The van der Waals surface area contributed by atoms with Gasteiger partial charge in [0, 0.05) is 17.4 Å². The van der Waals surface area contributed by atoms with E-state index < -0.39 is 0 Å². The summed E-state index contributed by atoms with van der Waals surface area (Å²) in [5, 5.41) is 0.701. The van der Waals surface area contributed by atoms with Gasteiger partial charge in [0.15, 0.2) is 0 Å². The summed E-state index contributed by atoms with van der Waals surface area (Å²) in [5.74, 6) is 1.12. The summed E-state index contributed by atoms with van der Waals surface area (Å²) >= 11 is 7.12. The van der Waals surface area contributed by atoms with Gasteiger partial charge in [-0.25, -0.2) is 0 Å². The van der Waals surface area contributed by atoms with Crippen molar-refractivity contribution in [3.05, 3.63) is 135 Å². The van der Waals surface area contributed by atoms with Crippen LogP contribution in [0.2, 0.25) is 5.02 Å². The van der Waals surface area contributed by atoms with Crippen molar-refractivity contribution in [2.75, 3.05) is 6.61 Å². The normalized spacial score (nSPS) is 24.3. The first kappa shape index (κ1) is 31.8. The van der Waals surface area contributed by atoms with Crippen molar-refractivity contribution in [2.24, 2.45) is 5.92 Å². The predicted molar refractivity (Wildman–Crippen MR) is 181 cm³/mol. The highest BCUT2D eigenvalue weighted by molar-refractivity contribution is 6.33. The largest absolute Gasteiger partial charge is 0.491 e. The number of ether oxygens (including phenoxy) is 4. The van der Waals surface area contributed by atoms with Gasteiger partial charge in [-0.15, -0.1) is 0 Å². The summed E-state index contributed by atoms with van der Waals surface area (Å²) in [6, 6.07) is 31.8. The lowest BCUT2D eigenvalue weighted by atomic mass is 9.81. The maximum absolute atomic E-state index is 7.12. The molecule has 6 rings (SSSR count). The topological polar surface area (TPSA) is 36.9 Å². The SMILES string of the molecule is CCc1ccc(Cc2cc([C@@H]3O[C@H](CC)[C@@H](C)[C@H](OCc4ccccc4)[C@H]3OCc3ccccc3)c3c(c2Cl)OCC3C)cc1. The molecule has 236 valence electrons. The Morgan fingerprint density at radius 2 is 1.36 bits per heavy atom. The van der Waals surface area contributed by atoms with Crippen molar-refractivity contribution in [3.63, 3.8) is 0 Å². The van der Waals surface area contributed by atoms with Crippen LogP contribution in [0.1, 0.15) is 85.1 Å². The summed E-state index contributed by atoms with van der Waals surface area (Å²) in [6.45, 7) is 10.4. The Hall–Kier alpha value is -3.15. The lowest BCUT2D eigenvalue weighted by molar-refractivity contribution is -0.235. The molecule has 0 radical (unpaired) electrons. The number of hydrogen-bond acceptors (Lipinski definition) is 4. The molecule has 4 aromatic rings. The predicted octanol–water partition coefficient (Wildman–Crippen LogP) is 9.65. The first-order valence-corrected chi connectivity index (χ1v) is 16.9. The third-order valence-corrected chi connectivity index (χ3v) is 9.90. The number of rotatable bonds is 11. The Labute approximate surface area is 273 Å². The Balaban J connectivity index is 1.41. The molecule has 4 nitrogen and oxygen atoms in total. The number of hydrogen-bond donors (Lipinski definition) is 0. The molecule has 2 heterocycles. The molecule has 0 spiro atoms. The minimum atomic E-state index is -0.341. The summed E-state index contributed by atoms with van der Waals surface area (Å²) in [6.07, 6.45) is 1.78. The molecule has 0 saturated carbocycles. The van der Waals surface area contributed by atoms with Crippen LogP contribution in [-0.2, 0) is 40.3 Å². The highest BCUT2D eigenvalue weighted by Gasteiger charge is 2.47. The molecule has 2 aliphatic heterocycles. The van der Waals surface area contributed by atoms with E-state index in [1.807, 2.05) is 12.1 Å². The van der Waals surface area contributed by atoms with Crippen LogP contribution in [0.15, 0.2) is 91.0 Å². The molecule has 0 aromatic heterocycles. The Morgan fingerprint density at radius 1 is 0.756 bits per heavy atom. The average Bonchev–Trinajstić information content (AvgIpc) is 3.47. The van der Waals surface area contributed by atoms with E-state index in [4.69, 9.17) is 30.5 Å². The molecule has 0 amide bonds. The molecule has 0 N–H and O–H groups in total. The van der Waals surface area contributed by atoms with E-state index >= 15 is 0 Å². The van der Waals surface area contributed by atoms with Crippen LogP contribution in [-0.4, -0.2) is 24.9 Å². The molecule has 0 bridgehead atoms. The summed E-state index contributed by atoms with van der Waals surface area (Å²) < 4.78 is 27.1. The zero-order valence-electron chi connectivity index (χ0n) is 26.9. The third-order valence-electron chi connectivity index (χ3n) is 9.49. The molecule has 1 fully saturated rings. The van der Waals surface area contributed by atoms with E-state index in [2.05, 4.69) is 107 Å². The highest BCUT2D eigenvalue weighted by Crippen LogP contribution is 2.50. The summed E-state index contributed by atoms with van der Waals surface area (Å²) in [7, 11) is 0. The van der Waals surface area contributed by atoms with Gasteiger partial charge in [0.1, 0.15) is 18.0 Å².